The Labute approximate surface area is 159 Å². The summed E-state index contributed by atoms with van der Waals surface area (Å²) in [4.78, 5) is 13.0. The van der Waals surface area contributed by atoms with Gasteiger partial charge in [-0.2, -0.15) is 5.26 Å². The third-order valence-electron chi connectivity index (χ3n) is 5.22. The van der Waals surface area contributed by atoms with Gasteiger partial charge in [-0.05, 0) is 36.6 Å². The molecule has 3 aromatic carbocycles. The Morgan fingerprint density at radius 1 is 1.00 bits per heavy atom. The predicted octanol–water partition coefficient (Wildman–Crippen LogP) is 4.22. The molecule has 1 aliphatic heterocycles. The zero-order valence-corrected chi connectivity index (χ0v) is 15.4. The number of carbonyl (C=O) groups excluding carboxylic acids is 1. The fourth-order valence-corrected chi connectivity index (χ4v) is 3.79. The largest absolute Gasteiger partial charge is 0.282 e. The number of amides is 1. The minimum atomic E-state index is 0.107. The van der Waals surface area contributed by atoms with Crippen LogP contribution >= 0.6 is 0 Å². The standard InChI is InChI=1S/C23H21N3O/c1-17-7-2-3-8-18(17)15-23(27)26-14-6-13-25(26)22-12-11-19(16-24)20-9-4-5-10-21(20)22/h2-5,7-12H,6,13-15H2,1H3. The molecule has 0 spiro atoms. The molecule has 0 aromatic heterocycles. The van der Waals surface area contributed by atoms with E-state index < -0.39 is 0 Å². The molecule has 3 aromatic rings. The van der Waals surface area contributed by atoms with Crippen molar-refractivity contribution in [2.45, 2.75) is 19.8 Å². The molecule has 0 atom stereocenters. The van der Waals surface area contributed by atoms with Crippen molar-refractivity contribution in [3.63, 3.8) is 0 Å². The van der Waals surface area contributed by atoms with Crippen LogP contribution < -0.4 is 5.01 Å². The lowest BCUT2D eigenvalue weighted by molar-refractivity contribution is -0.130. The van der Waals surface area contributed by atoms with E-state index in [-0.39, 0.29) is 5.91 Å². The third-order valence-corrected chi connectivity index (χ3v) is 5.22. The van der Waals surface area contributed by atoms with E-state index in [0.717, 1.165) is 47.1 Å². The molecule has 4 nitrogen and oxygen atoms in total. The summed E-state index contributed by atoms with van der Waals surface area (Å²) in [7, 11) is 0. The minimum Gasteiger partial charge on any atom is -0.282 e. The Hall–Kier alpha value is -3.32. The van der Waals surface area contributed by atoms with Crippen LogP contribution in [0.15, 0.2) is 60.7 Å². The Morgan fingerprint density at radius 2 is 1.74 bits per heavy atom. The number of aryl methyl sites for hydroxylation is 1. The Kier molecular flexibility index (Phi) is 4.52. The van der Waals surface area contributed by atoms with Gasteiger partial charge in [-0.3, -0.25) is 14.8 Å². The van der Waals surface area contributed by atoms with Crippen LogP contribution in [0, 0.1) is 18.3 Å². The summed E-state index contributed by atoms with van der Waals surface area (Å²) >= 11 is 0. The van der Waals surface area contributed by atoms with E-state index in [2.05, 4.69) is 11.1 Å². The van der Waals surface area contributed by atoms with Gasteiger partial charge in [0, 0.05) is 23.9 Å². The SMILES string of the molecule is Cc1ccccc1CC(=O)N1CCCN1c1ccc(C#N)c2ccccc12. The van der Waals surface area contributed by atoms with Crippen LogP contribution in [0.25, 0.3) is 10.8 Å². The highest BCUT2D eigenvalue weighted by atomic mass is 16.2. The topological polar surface area (TPSA) is 47.3 Å². The van der Waals surface area contributed by atoms with Gasteiger partial charge in [0.25, 0.3) is 0 Å². The predicted molar refractivity (Wildman–Crippen MR) is 107 cm³/mol. The fourth-order valence-electron chi connectivity index (χ4n) is 3.79. The van der Waals surface area contributed by atoms with Gasteiger partial charge < -0.3 is 0 Å². The molecule has 0 N–H and O–H groups in total. The first-order chi connectivity index (χ1) is 13.2. The summed E-state index contributed by atoms with van der Waals surface area (Å²) in [5.41, 5.74) is 3.85. The second-order valence-electron chi connectivity index (χ2n) is 6.89. The number of hydrazine groups is 1. The number of nitrogens with zero attached hydrogens (tertiary/aromatic N) is 3. The maximum absolute atomic E-state index is 13.0. The molecular weight excluding hydrogens is 334 g/mol. The number of benzene rings is 3. The van der Waals surface area contributed by atoms with Crippen molar-refractivity contribution >= 4 is 22.4 Å². The molecule has 4 heteroatoms. The number of hydrogen-bond acceptors (Lipinski definition) is 3. The molecular formula is C23H21N3O. The average molecular weight is 355 g/mol. The minimum absolute atomic E-state index is 0.107. The first-order valence-electron chi connectivity index (χ1n) is 9.23. The van der Waals surface area contributed by atoms with E-state index in [9.17, 15) is 10.1 Å². The summed E-state index contributed by atoms with van der Waals surface area (Å²) in [5.74, 6) is 0.107. The normalized spacial score (nSPS) is 13.8. The van der Waals surface area contributed by atoms with Gasteiger partial charge in [-0.15, -0.1) is 0 Å². The number of anilines is 1. The van der Waals surface area contributed by atoms with Gasteiger partial charge in [-0.25, -0.2) is 0 Å². The van der Waals surface area contributed by atoms with Crippen molar-refractivity contribution in [3.05, 3.63) is 77.4 Å². The Bertz CT molecular complexity index is 1050. The first-order valence-corrected chi connectivity index (χ1v) is 9.23. The molecule has 1 fully saturated rings. The van der Waals surface area contributed by atoms with Crippen LogP contribution in [0.2, 0.25) is 0 Å². The van der Waals surface area contributed by atoms with E-state index in [4.69, 9.17) is 0 Å². The number of hydrogen-bond donors (Lipinski definition) is 0. The van der Waals surface area contributed by atoms with Crippen LogP contribution in [-0.4, -0.2) is 24.0 Å². The van der Waals surface area contributed by atoms with Crippen molar-refractivity contribution in [1.29, 1.82) is 5.26 Å². The molecule has 0 unspecified atom stereocenters. The van der Waals surface area contributed by atoms with Crippen LogP contribution in [0.1, 0.15) is 23.1 Å². The molecule has 0 radical (unpaired) electrons. The highest BCUT2D eigenvalue weighted by Gasteiger charge is 2.28. The van der Waals surface area contributed by atoms with Crippen LogP contribution in [0.4, 0.5) is 5.69 Å². The third kappa shape index (κ3) is 3.13. The van der Waals surface area contributed by atoms with Gasteiger partial charge in [0.05, 0.1) is 23.7 Å². The molecule has 0 bridgehead atoms. The maximum Gasteiger partial charge on any atom is 0.245 e. The lowest BCUT2D eigenvalue weighted by atomic mass is 10.0. The second-order valence-corrected chi connectivity index (χ2v) is 6.89. The van der Waals surface area contributed by atoms with Crippen molar-refractivity contribution in [3.8, 4) is 6.07 Å². The number of rotatable bonds is 3. The number of nitriles is 1. The van der Waals surface area contributed by atoms with Crippen molar-refractivity contribution < 1.29 is 4.79 Å². The van der Waals surface area contributed by atoms with E-state index in [1.807, 2.05) is 72.6 Å². The molecule has 1 heterocycles. The van der Waals surface area contributed by atoms with E-state index in [0.29, 0.717) is 12.0 Å². The van der Waals surface area contributed by atoms with Gasteiger partial charge in [0.2, 0.25) is 5.91 Å². The average Bonchev–Trinajstić information content (AvgIpc) is 3.18. The van der Waals surface area contributed by atoms with Crippen LogP contribution in [0.5, 0.6) is 0 Å². The quantitative estimate of drug-likeness (QED) is 0.707. The highest BCUT2D eigenvalue weighted by Crippen LogP contribution is 2.32. The van der Waals surface area contributed by atoms with Gasteiger partial charge in [0.15, 0.2) is 0 Å². The smallest absolute Gasteiger partial charge is 0.245 e. The number of fused-ring (bicyclic) bond motifs is 1. The zero-order chi connectivity index (χ0) is 18.8. The summed E-state index contributed by atoms with van der Waals surface area (Å²) in [5, 5.41) is 15.3. The van der Waals surface area contributed by atoms with Gasteiger partial charge in [0.1, 0.15) is 0 Å². The van der Waals surface area contributed by atoms with Crippen molar-refractivity contribution in [1.82, 2.24) is 5.01 Å². The first kappa shape index (κ1) is 17.1. The van der Waals surface area contributed by atoms with Crippen molar-refractivity contribution in [2.75, 3.05) is 18.1 Å². The molecule has 0 aliphatic carbocycles. The lowest BCUT2D eigenvalue weighted by Crippen LogP contribution is -2.42. The molecule has 1 saturated heterocycles. The lowest BCUT2D eigenvalue weighted by Gasteiger charge is -2.31. The van der Waals surface area contributed by atoms with Crippen LogP contribution in [-0.2, 0) is 11.2 Å². The monoisotopic (exact) mass is 355 g/mol. The number of carbonyl (C=O) groups is 1. The summed E-state index contributed by atoms with van der Waals surface area (Å²) in [6.45, 7) is 3.56. The molecule has 0 saturated carbocycles. The zero-order valence-electron chi connectivity index (χ0n) is 15.4. The second kappa shape index (κ2) is 7.13. The summed E-state index contributed by atoms with van der Waals surface area (Å²) in [6, 6.07) is 22.0. The molecule has 4 rings (SSSR count). The van der Waals surface area contributed by atoms with Crippen molar-refractivity contribution in [2.24, 2.45) is 0 Å². The van der Waals surface area contributed by atoms with E-state index in [1.54, 1.807) is 0 Å². The Balaban J connectivity index is 1.68. The molecule has 134 valence electrons. The van der Waals surface area contributed by atoms with Crippen LogP contribution in [0.3, 0.4) is 0 Å². The van der Waals surface area contributed by atoms with Gasteiger partial charge >= 0.3 is 0 Å². The summed E-state index contributed by atoms with van der Waals surface area (Å²) < 4.78 is 0. The molecule has 27 heavy (non-hydrogen) atoms. The fraction of sp³-hybridized carbons (Fsp3) is 0.217. The van der Waals surface area contributed by atoms with Gasteiger partial charge in [-0.1, -0.05) is 48.5 Å². The molecule has 1 amide bonds. The molecule has 1 aliphatic rings. The maximum atomic E-state index is 13.0. The summed E-state index contributed by atoms with van der Waals surface area (Å²) in [6.07, 6.45) is 1.34. The van der Waals surface area contributed by atoms with E-state index >= 15 is 0 Å². The van der Waals surface area contributed by atoms with E-state index in [1.165, 1.54) is 0 Å². The highest BCUT2D eigenvalue weighted by molar-refractivity contribution is 5.98. The Morgan fingerprint density at radius 3 is 2.52 bits per heavy atom.